The Labute approximate surface area is 92.7 Å². The maximum atomic E-state index is 12.9. The van der Waals surface area contributed by atoms with Crippen LogP contribution in [0.25, 0.3) is 0 Å². The van der Waals surface area contributed by atoms with Gasteiger partial charge in [-0.25, -0.2) is 4.39 Å². The summed E-state index contributed by atoms with van der Waals surface area (Å²) in [5.74, 6) is 0.545. The molecule has 0 aliphatic heterocycles. The van der Waals surface area contributed by atoms with Crippen molar-refractivity contribution in [2.45, 2.75) is 13.3 Å². The third kappa shape index (κ3) is 2.37. The maximum absolute atomic E-state index is 12.9. The first-order valence-corrected chi connectivity index (χ1v) is 4.99. The zero-order valence-corrected chi connectivity index (χ0v) is 8.87. The SMILES string of the molecule is Cc1ccc(C(=O)Cc2cccc(F)c2)o1. The molecule has 0 bridgehead atoms. The van der Waals surface area contributed by atoms with Crippen LogP contribution in [0.5, 0.6) is 0 Å². The summed E-state index contributed by atoms with van der Waals surface area (Å²) in [5, 5.41) is 0. The topological polar surface area (TPSA) is 30.2 Å². The van der Waals surface area contributed by atoms with Gasteiger partial charge in [0.15, 0.2) is 5.76 Å². The number of benzene rings is 1. The van der Waals surface area contributed by atoms with E-state index < -0.39 is 0 Å². The fraction of sp³-hybridized carbons (Fsp3) is 0.154. The largest absolute Gasteiger partial charge is 0.458 e. The number of carbonyl (C=O) groups excluding carboxylic acids is 1. The van der Waals surface area contributed by atoms with Gasteiger partial charge in [0.1, 0.15) is 11.6 Å². The number of hydrogen-bond acceptors (Lipinski definition) is 2. The predicted octanol–water partition coefficient (Wildman–Crippen LogP) is 3.15. The summed E-state index contributed by atoms with van der Waals surface area (Å²) in [6.07, 6.45) is 0.157. The molecule has 0 saturated carbocycles. The Bertz CT molecular complexity index is 514. The average Bonchev–Trinajstić information content (AvgIpc) is 2.65. The molecule has 0 radical (unpaired) electrons. The van der Waals surface area contributed by atoms with E-state index in [1.165, 1.54) is 12.1 Å². The third-order valence-electron chi connectivity index (χ3n) is 2.27. The van der Waals surface area contributed by atoms with E-state index in [1.54, 1.807) is 31.2 Å². The van der Waals surface area contributed by atoms with Crippen LogP contribution in [0, 0.1) is 12.7 Å². The summed E-state index contributed by atoms with van der Waals surface area (Å²) >= 11 is 0. The Morgan fingerprint density at radius 2 is 2.12 bits per heavy atom. The Balaban J connectivity index is 2.13. The Hall–Kier alpha value is -1.90. The van der Waals surface area contributed by atoms with E-state index in [1.807, 2.05) is 0 Å². The van der Waals surface area contributed by atoms with Crippen LogP contribution in [-0.2, 0) is 6.42 Å². The fourth-order valence-corrected chi connectivity index (χ4v) is 1.50. The molecule has 0 aliphatic carbocycles. The monoisotopic (exact) mass is 218 g/mol. The van der Waals surface area contributed by atoms with Crippen LogP contribution in [0.15, 0.2) is 40.8 Å². The lowest BCUT2D eigenvalue weighted by Gasteiger charge is -1.98. The minimum Gasteiger partial charge on any atom is -0.458 e. The number of Topliss-reactive ketones (excluding diaryl/α,β-unsaturated/α-hetero) is 1. The highest BCUT2D eigenvalue weighted by Crippen LogP contribution is 2.11. The molecule has 2 rings (SSSR count). The lowest BCUT2D eigenvalue weighted by molar-refractivity contribution is 0.0965. The van der Waals surface area contributed by atoms with Crippen molar-refractivity contribution >= 4 is 5.78 Å². The molecular formula is C13H11FO2. The van der Waals surface area contributed by atoms with E-state index in [9.17, 15) is 9.18 Å². The first-order chi connectivity index (χ1) is 7.65. The van der Waals surface area contributed by atoms with Crippen molar-refractivity contribution in [1.29, 1.82) is 0 Å². The van der Waals surface area contributed by atoms with Crippen LogP contribution in [-0.4, -0.2) is 5.78 Å². The van der Waals surface area contributed by atoms with Crippen molar-refractivity contribution in [3.63, 3.8) is 0 Å². The Morgan fingerprint density at radius 3 is 2.75 bits per heavy atom. The van der Waals surface area contributed by atoms with Gasteiger partial charge in [-0.3, -0.25) is 4.79 Å². The lowest BCUT2D eigenvalue weighted by Crippen LogP contribution is -2.02. The molecule has 2 nitrogen and oxygen atoms in total. The second kappa shape index (κ2) is 4.31. The molecule has 0 amide bonds. The summed E-state index contributed by atoms with van der Waals surface area (Å²) < 4.78 is 18.1. The first-order valence-electron chi connectivity index (χ1n) is 4.99. The van der Waals surface area contributed by atoms with Gasteiger partial charge in [-0.05, 0) is 36.8 Å². The summed E-state index contributed by atoms with van der Waals surface area (Å²) in [6.45, 7) is 1.78. The van der Waals surface area contributed by atoms with Crippen molar-refractivity contribution in [1.82, 2.24) is 0 Å². The number of ketones is 1. The van der Waals surface area contributed by atoms with Gasteiger partial charge in [0.2, 0.25) is 5.78 Å². The van der Waals surface area contributed by atoms with Gasteiger partial charge in [-0.15, -0.1) is 0 Å². The van der Waals surface area contributed by atoms with Crippen LogP contribution in [0.1, 0.15) is 21.9 Å². The Morgan fingerprint density at radius 1 is 1.31 bits per heavy atom. The van der Waals surface area contributed by atoms with Crippen molar-refractivity contribution in [2.24, 2.45) is 0 Å². The van der Waals surface area contributed by atoms with E-state index in [4.69, 9.17) is 4.42 Å². The highest BCUT2D eigenvalue weighted by molar-refractivity contribution is 5.95. The molecule has 0 unspecified atom stereocenters. The van der Waals surface area contributed by atoms with Gasteiger partial charge < -0.3 is 4.42 Å². The predicted molar refractivity (Wildman–Crippen MR) is 57.9 cm³/mol. The van der Waals surface area contributed by atoms with E-state index in [2.05, 4.69) is 0 Å². The quantitative estimate of drug-likeness (QED) is 0.741. The maximum Gasteiger partial charge on any atom is 0.202 e. The van der Waals surface area contributed by atoms with E-state index >= 15 is 0 Å². The van der Waals surface area contributed by atoms with Gasteiger partial charge in [0.25, 0.3) is 0 Å². The van der Waals surface area contributed by atoms with Crippen LogP contribution >= 0.6 is 0 Å². The molecule has 0 fully saturated rings. The van der Waals surface area contributed by atoms with Crippen LogP contribution in [0.4, 0.5) is 4.39 Å². The molecular weight excluding hydrogens is 207 g/mol. The summed E-state index contributed by atoms with van der Waals surface area (Å²) in [5.41, 5.74) is 0.652. The molecule has 82 valence electrons. The molecule has 1 heterocycles. The minimum atomic E-state index is -0.332. The first kappa shape index (κ1) is 10.6. The third-order valence-corrected chi connectivity index (χ3v) is 2.27. The summed E-state index contributed by atoms with van der Waals surface area (Å²) in [7, 11) is 0. The molecule has 0 saturated heterocycles. The van der Waals surface area contributed by atoms with Crippen molar-refractivity contribution < 1.29 is 13.6 Å². The van der Waals surface area contributed by atoms with Gasteiger partial charge >= 0.3 is 0 Å². The minimum absolute atomic E-state index is 0.140. The van der Waals surface area contributed by atoms with Gasteiger partial charge in [0.05, 0.1) is 0 Å². The average molecular weight is 218 g/mol. The standard InChI is InChI=1S/C13H11FO2/c1-9-5-6-13(16-9)12(15)8-10-3-2-4-11(14)7-10/h2-7H,8H2,1H3. The van der Waals surface area contributed by atoms with Crippen LogP contribution < -0.4 is 0 Å². The second-order valence-corrected chi connectivity index (χ2v) is 3.64. The molecule has 0 N–H and O–H groups in total. The molecule has 1 aromatic heterocycles. The van der Waals surface area contributed by atoms with Crippen LogP contribution in [0.2, 0.25) is 0 Å². The van der Waals surface area contributed by atoms with E-state index in [-0.39, 0.29) is 18.0 Å². The highest BCUT2D eigenvalue weighted by Gasteiger charge is 2.11. The number of furan rings is 1. The smallest absolute Gasteiger partial charge is 0.202 e. The van der Waals surface area contributed by atoms with E-state index in [0.29, 0.717) is 17.1 Å². The normalized spacial score (nSPS) is 10.4. The molecule has 1 aromatic carbocycles. The highest BCUT2D eigenvalue weighted by atomic mass is 19.1. The van der Waals surface area contributed by atoms with Crippen molar-refractivity contribution in [3.05, 3.63) is 59.3 Å². The number of hydrogen-bond donors (Lipinski definition) is 0. The van der Waals surface area contributed by atoms with Gasteiger partial charge in [-0.2, -0.15) is 0 Å². The fourth-order valence-electron chi connectivity index (χ4n) is 1.50. The number of aryl methyl sites for hydroxylation is 1. The molecule has 0 aliphatic rings. The molecule has 16 heavy (non-hydrogen) atoms. The van der Waals surface area contributed by atoms with Crippen molar-refractivity contribution in [3.8, 4) is 0 Å². The summed E-state index contributed by atoms with van der Waals surface area (Å²) in [6, 6.07) is 9.39. The zero-order valence-electron chi connectivity index (χ0n) is 8.87. The van der Waals surface area contributed by atoms with Gasteiger partial charge in [-0.1, -0.05) is 12.1 Å². The number of rotatable bonds is 3. The molecule has 0 spiro atoms. The zero-order chi connectivity index (χ0) is 11.5. The lowest BCUT2D eigenvalue weighted by atomic mass is 10.1. The van der Waals surface area contributed by atoms with Gasteiger partial charge in [0, 0.05) is 6.42 Å². The number of halogens is 1. The van der Waals surface area contributed by atoms with E-state index in [0.717, 1.165) is 0 Å². The van der Waals surface area contributed by atoms with Crippen LogP contribution in [0.3, 0.4) is 0 Å². The molecule has 0 atom stereocenters. The Kier molecular flexibility index (Phi) is 2.86. The molecule has 3 heteroatoms. The molecule has 2 aromatic rings. The van der Waals surface area contributed by atoms with Crippen molar-refractivity contribution in [2.75, 3.05) is 0 Å². The summed E-state index contributed by atoms with van der Waals surface area (Å²) in [4.78, 5) is 11.7. The number of carbonyl (C=O) groups is 1. The second-order valence-electron chi connectivity index (χ2n) is 3.64.